The van der Waals surface area contributed by atoms with Gasteiger partial charge in [-0.05, 0) is 39.3 Å². The molecule has 0 aromatic heterocycles. The standard InChI is InChI=1S/C17H25N3O3/c1-13-6-5-7-14(12-13)8-10-19-15(21)20(11-9-18)16(22)23-17(2,3)4/h5-8,10,12H,9,11,18H2,1-4H3,(H,19,21)/b10-8+. The van der Waals surface area contributed by atoms with E-state index in [4.69, 9.17) is 10.5 Å². The predicted octanol–water partition coefficient (Wildman–Crippen LogP) is 2.87. The van der Waals surface area contributed by atoms with Crippen molar-refractivity contribution in [2.75, 3.05) is 13.1 Å². The highest BCUT2D eigenvalue weighted by Crippen LogP contribution is 2.10. The maximum absolute atomic E-state index is 12.1. The molecule has 1 rings (SSSR count). The van der Waals surface area contributed by atoms with E-state index in [1.165, 1.54) is 6.20 Å². The first kappa shape index (κ1) is 18.7. The predicted molar refractivity (Wildman–Crippen MR) is 90.7 cm³/mol. The van der Waals surface area contributed by atoms with E-state index in [2.05, 4.69) is 5.32 Å². The minimum absolute atomic E-state index is 0.0824. The van der Waals surface area contributed by atoms with Gasteiger partial charge in [0.15, 0.2) is 0 Å². The fourth-order valence-electron chi connectivity index (χ4n) is 1.78. The molecule has 126 valence electrons. The Kier molecular flexibility index (Phi) is 6.78. The lowest BCUT2D eigenvalue weighted by Gasteiger charge is -2.25. The molecule has 6 nitrogen and oxygen atoms in total. The molecule has 0 unspecified atom stereocenters. The molecule has 0 spiro atoms. The third kappa shape index (κ3) is 6.97. The van der Waals surface area contributed by atoms with Gasteiger partial charge < -0.3 is 15.8 Å². The molecule has 0 heterocycles. The van der Waals surface area contributed by atoms with Crippen molar-refractivity contribution in [2.24, 2.45) is 5.73 Å². The number of carbonyl (C=O) groups excluding carboxylic acids is 2. The van der Waals surface area contributed by atoms with Crippen molar-refractivity contribution in [3.8, 4) is 0 Å². The van der Waals surface area contributed by atoms with Crippen molar-refractivity contribution in [3.05, 3.63) is 41.6 Å². The molecule has 0 atom stereocenters. The van der Waals surface area contributed by atoms with E-state index in [-0.39, 0.29) is 13.1 Å². The number of rotatable bonds is 4. The van der Waals surface area contributed by atoms with Gasteiger partial charge in [0, 0.05) is 19.3 Å². The molecule has 3 amide bonds. The van der Waals surface area contributed by atoms with Gasteiger partial charge in [0.05, 0.1) is 0 Å². The van der Waals surface area contributed by atoms with E-state index in [1.54, 1.807) is 26.8 Å². The fraction of sp³-hybridized carbons (Fsp3) is 0.412. The van der Waals surface area contributed by atoms with E-state index in [0.717, 1.165) is 16.0 Å². The van der Waals surface area contributed by atoms with Crippen LogP contribution in [0.15, 0.2) is 30.5 Å². The molecule has 0 saturated carbocycles. The molecule has 1 aromatic rings. The second-order valence-electron chi connectivity index (χ2n) is 6.12. The first-order chi connectivity index (χ1) is 10.7. The van der Waals surface area contributed by atoms with Crippen molar-refractivity contribution in [3.63, 3.8) is 0 Å². The van der Waals surface area contributed by atoms with Crippen LogP contribution in [-0.4, -0.2) is 35.7 Å². The zero-order valence-electron chi connectivity index (χ0n) is 14.1. The van der Waals surface area contributed by atoms with E-state index >= 15 is 0 Å². The second kappa shape index (κ2) is 8.33. The number of ether oxygens (including phenoxy) is 1. The summed E-state index contributed by atoms with van der Waals surface area (Å²) in [6, 6.07) is 7.24. The highest BCUT2D eigenvalue weighted by atomic mass is 16.6. The molecular weight excluding hydrogens is 294 g/mol. The molecule has 0 aliphatic carbocycles. The molecule has 0 radical (unpaired) electrons. The van der Waals surface area contributed by atoms with Crippen LogP contribution in [0.2, 0.25) is 0 Å². The number of carbonyl (C=O) groups is 2. The molecule has 0 bridgehead atoms. The van der Waals surface area contributed by atoms with Gasteiger partial charge in [-0.1, -0.05) is 29.8 Å². The number of nitrogens with zero attached hydrogens (tertiary/aromatic N) is 1. The number of urea groups is 1. The molecule has 3 N–H and O–H groups in total. The maximum atomic E-state index is 12.1. The smallest absolute Gasteiger partial charge is 0.418 e. The van der Waals surface area contributed by atoms with Gasteiger partial charge in [-0.2, -0.15) is 0 Å². The number of nitrogens with two attached hydrogens (primary N) is 1. The van der Waals surface area contributed by atoms with Gasteiger partial charge in [0.1, 0.15) is 5.60 Å². The van der Waals surface area contributed by atoms with Crippen LogP contribution in [0, 0.1) is 6.92 Å². The zero-order chi connectivity index (χ0) is 17.5. The monoisotopic (exact) mass is 319 g/mol. The van der Waals surface area contributed by atoms with Crippen LogP contribution in [0.3, 0.4) is 0 Å². The van der Waals surface area contributed by atoms with Crippen LogP contribution in [0.25, 0.3) is 6.08 Å². The highest BCUT2D eigenvalue weighted by Gasteiger charge is 2.26. The molecule has 0 saturated heterocycles. The number of hydrogen-bond acceptors (Lipinski definition) is 4. The van der Waals surface area contributed by atoms with Crippen LogP contribution in [0.4, 0.5) is 9.59 Å². The lowest BCUT2D eigenvalue weighted by molar-refractivity contribution is 0.0328. The number of nitrogens with one attached hydrogen (secondary N) is 1. The Labute approximate surface area is 137 Å². The molecule has 23 heavy (non-hydrogen) atoms. The third-order valence-electron chi connectivity index (χ3n) is 2.74. The minimum atomic E-state index is -0.718. The fourth-order valence-corrected chi connectivity index (χ4v) is 1.78. The summed E-state index contributed by atoms with van der Waals surface area (Å²) in [7, 11) is 0. The second-order valence-corrected chi connectivity index (χ2v) is 6.12. The van der Waals surface area contributed by atoms with Gasteiger partial charge >= 0.3 is 12.1 Å². The summed E-state index contributed by atoms with van der Waals surface area (Å²) in [5.74, 6) is 0. The highest BCUT2D eigenvalue weighted by molar-refractivity contribution is 5.91. The van der Waals surface area contributed by atoms with Gasteiger partial charge in [-0.25, -0.2) is 14.5 Å². The van der Waals surface area contributed by atoms with Gasteiger partial charge in [0.25, 0.3) is 0 Å². The normalized spacial score (nSPS) is 11.3. The van der Waals surface area contributed by atoms with E-state index in [1.807, 2.05) is 31.2 Å². The lowest BCUT2D eigenvalue weighted by Crippen LogP contribution is -2.46. The number of benzene rings is 1. The maximum Gasteiger partial charge on any atom is 0.418 e. The topological polar surface area (TPSA) is 84.7 Å². The Morgan fingerprint density at radius 3 is 2.61 bits per heavy atom. The number of hydrogen-bond donors (Lipinski definition) is 2. The van der Waals surface area contributed by atoms with E-state index in [9.17, 15) is 9.59 Å². The summed E-state index contributed by atoms with van der Waals surface area (Å²) < 4.78 is 5.20. The summed E-state index contributed by atoms with van der Waals surface area (Å²) in [4.78, 5) is 25.1. The average Bonchev–Trinajstić information content (AvgIpc) is 2.42. The Hall–Kier alpha value is -2.34. The van der Waals surface area contributed by atoms with Crippen LogP contribution in [0.1, 0.15) is 31.9 Å². The average molecular weight is 319 g/mol. The third-order valence-corrected chi connectivity index (χ3v) is 2.74. The Balaban J connectivity index is 2.69. The summed E-state index contributed by atoms with van der Waals surface area (Å²) in [5.41, 5.74) is 6.85. The molecule has 6 heteroatoms. The minimum Gasteiger partial charge on any atom is -0.443 e. The summed E-state index contributed by atoms with van der Waals surface area (Å²) >= 11 is 0. The van der Waals surface area contributed by atoms with Crippen molar-refractivity contribution in [1.29, 1.82) is 0 Å². The van der Waals surface area contributed by atoms with Crippen LogP contribution >= 0.6 is 0 Å². The molecule has 1 aromatic carbocycles. The largest absolute Gasteiger partial charge is 0.443 e. The summed E-state index contributed by atoms with van der Waals surface area (Å²) in [5, 5.41) is 2.55. The molecule has 0 fully saturated rings. The van der Waals surface area contributed by atoms with Gasteiger partial charge in [-0.15, -0.1) is 0 Å². The van der Waals surface area contributed by atoms with Crippen molar-refractivity contribution >= 4 is 18.2 Å². The van der Waals surface area contributed by atoms with Crippen LogP contribution < -0.4 is 11.1 Å². The first-order valence-corrected chi connectivity index (χ1v) is 7.47. The summed E-state index contributed by atoms with van der Waals surface area (Å²) in [6.07, 6.45) is 2.52. The van der Waals surface area contributed by atoms with Crippen LogP contribution in [0.5, 0.6) is 0 Å². The Bertz CT molecular complexity index is 577. The zero-order valence-corrected chi connectivity index (χ0v) is 14.1. The van der Waals surface area contributed by atoms with Crippen molar-refractivity contribution < 1.29 is 14.3 Å². The first-order valence-electron chi connectivity index (χ1n) is 7.47. The Morgan fingerprint density at radius 2 is 2.04 bits per heavy atom. The quantitative estimate of drug-likeness (QED) is 0.893. The molecular formula is C17H25N3O3. The van der Waals surface area contributed by atoms with E-state index in [0.29, 0.717) is 0 Å². The van der Waals surface area contributed by atoms with E-state index < -0.39 is 17.7 Å². The number of aryl methyl sites for hydroxylation is 1. The van der Waals surface area contributed by atoms with Gasteiger partial charge in [0.2, 0.25) is 0 Å². The Morgan fingerprint density at radius 1 is 1.35 bits per heavy atom. The van der Waals surface area contributed by atoms with Crippen molar-refractivity contribution in [2.45, 2.75) is 33.3 Å². The molecule has 0 aliphatic heterocycles. The van der Waals surface area contributed by atoms with Crippen molar-refractivity contribution in [1.82, 2.24) is 10.2 Å². The van der Waals surface area contributed by atoms with Crippen LogP contribution in [-0.2, 0) is 4.74 Å². The van der Waals surface area contributed by atoms with Gasteiger partial charge in [-0.3, -0.25) is 0 Å². The molecule has 0 aliphatic rings. The lowest BCUT2D eigenvalue weighted by atomic mass is 10.1. The number of amides is 3. The SMILES string of the molecule is Cc1cccc(/C=C/NC(=O)N(CCN)C(=O)OC(C)(C)C)c1. The summed E-state index contributed by atoms with van der Waals surface area (Å²) in [6.45, 7) is 7.44. The number of imide groups is 1.